The Bertz CT molecular complexity index is 361. The number of hydrogen-bond acceptors (Lipinski definition) is 2. The Morgan fingerprint density at radius 1 is 1.31 bits per heavy atom. The van der Waals surface area contributed by atoms with Crippen LogP contribution in [0.15, 0.2) is 18.2 Å². The molecule has 1 aromatic rings. The number of rotatable bonds is 2. The zero-order chi connectivity index (χ0) is 11.7. The SMILES string of the molecule is CC1CC(C(O)c2cc(F)cc(F)c2)CO1. The van der Waals surface area contributed by atoms with Crippen LogP contribution in [0.4, 0.5) is 8.78 Å². The van der Waals surface area contributed by atoms with Gasteiger partial charge in [-0.05, 0) is 31.0 Å². The topological polar surface area (TPSA) is 29.5 Å². The van der Waals surface area contributed by atoms with Gasteiger partial charge in [0.15, 0.2) is 0 Å². The first kappa shape index (κ1) is 11.5. The average molecular weight is 228 g/mol. The molecule has 0 aromatic heterocycles. The van der Waals surface area contributed by atoms with Gasteiger partial charge in [-0.2, -0.15) is 0 Å². The second kappa shape index (κ2) is 4.47. The van der Waals surface area contributed by atoms with Gasteiger partial charge in [0.05, 0.1) is 18.8 Å². The maximum atomic E-state index is 13.0. The number of ether oxygens (including phenoxy) is 1. The highest BCUT2D eigenvalue weighted by atomic mass is 19.1. The van der Waals surface area contributed by atoms with Gasteiger partial charge >= 0.3 is 0 Å². The summed E-state index contributed by atoms with van der Waals surface area (Å²) < 4.78 is 31.3. The Morgan fingerprint density at radius 3 is 2.44 bits per heavy atom. The van der Waals surface area contributed by atoms with Gasteiger partial charge in [-0.1, -0.05) is 0 Å². The first-order valence-electron chi connectivity index (χ1n) is 5.32. The van der Waals surface area contributed by atoms with Crippen LogP contribution in [0.25, 0.3) is 0 Å². The molecule has 0 amide bonds. The minimum atomic E-state index is -0.866. The van der Waals surface area contributed by atoms with Crippen LogP contribution in [-0.4, -0.2) is 17.8 Å². The van der Waals surface area contributed by atoms with Crippen molar-refractivity contribution in [3.05, 3.63) is 35.4 Å². The lowest BCUT2D eigenvalue weighted by Gasteiger charge is -2.17. The number of aliphatic hydroxyl groups excluding tert-OH is 1. The summed E-state index contributed by atoms with van der Waals surface area (Å²) in [6.07, 6.45) is -0.0625. The highest BCUT2D eigenvalue weighted by Gasteiger charge is 2.29. The average Bonchev–Trinajstić information content (AvgIpc) is 2.62. The molecule has 0 spiro atoms. The van der Waals surface area contributed by atoms with Crippen molar-refractivity contribution in [2.45, 2.75) is 25.6 Å². The van der Waals surface area contributed by atoms with Gasteiger partial charge < -0.3 is 9.84 Å². The number of hydrogen-bond donors (Lipinski definition) is 1. The van der Waals surface area contributed by atoms with Crippen molar-refractivity contribution in [3.63, 3.8) is 0 Å². The van der Waals surface area contributed by atoms with E-state index in [0.29, 0.717) is 13.0 Å². The lowest BCUT2D eigenvalue weighted by Crippen LogP contribution is -2.13. The van der Waals surface area contributed by atoms with Crippen LogP contribution >= 0.6 is 0 Å². The van der Waals surface area contributed by atoms with Gasteiger partial charge in [-0.3, -0.25) is 0 Å². The number of benzene rings is 1. The van der Waals surface area contributed by atoms with Crippen molar-refractivity contribution in [3.8, 4) is 0 Å². The van der Waals surface area contributed by atoms with E-state index in [1.54, 1.807) is 0 Å². The van der Waals surface area contributed by atoms with E-state index in [2.05, 4.69) is 0 Å². The smallest absolute Gasteiger partial charge is 0.126 e. The summed E-state index contributed by atoms with van der Waals surface area (Å²) in [5, 5.41) is 9.97. The lowest BCUT2D eigenvalue weighted by atomic mass is 9.93. The van der Waals surface area contributed by atoms with Crippen LogP contribution in [-0.2, 0) is 4.74 Å². The molecule has 1 saturated heterocycles. The molecule has 4 heteroatoms. The summed E-state index contributed by atoms with van der Waals surface area (Å²) in [5.74, 6) is -1.42. The van der Waals surface area contributed by atoms with Crippen LogP contribution in [0.1, 0.15) is 25.0 Å². The third-order valence-electron chi connectivity index (χ3n) is 2.90. The highest BCUT2D eigenvalue weighted by molar-refractivity contribution is 5.21. The molecule has 0 saturated carbocycles. The van der Waals surface area contributed by atoms with E-state index in [4.69, 9.17) is 4.74 Å². The second-order valence-electron chi connectivity index (χ2n) is 4.29. The predicted octanol–water partition coefficient (Wildman–Crippen LogP) is 2.42. The van der Waals surface area contributed by atoms with E-state index in [9.17, 15) is 13.9 Å². The third kappa shape index (κ3) is 2.39. The fourth-order valence-corrected chi connectivity index (χ4v) is 2.09. The maximum Gasteiger partial charge on any atom is 0.126 e. The standard InChI is InChI=1S/C12H14F2O2/c1-7-2-9(6-16-7)12(15)8-3-10(13)5-11(14)4-8/h3-5,7,9,12,15H,2,6H2,1H3. The largest absolute Gasteiger partial charge is 0.388 e. The van der Waals surface area contributed by atoms with E-state index in [1.165, 1.54) is 0 Å². The summed E-state index contributed by atoms with van der Waals surface area (Å²) in [6, 6.07) is 3.12. The van der Waals surface area contributed by atoms with Crippen molar-refractivity contribution < 1.29 is 18.6 Å². The lowest BCUT2D eigenvalue weighted by molar-refractivity contribution is 0.0800. The van der Waals surface area contributed by atoms with Crippen molar-refractivity contribution in [1.29, 1.82) is 0 Å². The zero-order valence-corrected chi connectivity index (χ0v) is 8.99. The summed E-state index contributed by atoms with van der Waals surface area (Å²) >= 11 is 0. The monoisotopic (exact) mass is 228 g/mol. The van der Waals surface area contributed by atoms with Crippen molar-refractivity contribution in [1.82, 2.24) is 0 Å². The number of aliphatic hydroxyl groups is 1. The summed E-state index contributed by atoms with van der Waals surface area (Å²) in [7, 11) is 0. The molecule has 1 heterocycles. The molecule has 1 aromatic carbocycles. The minimum absolute atomic E-state index is 0.0869. The molecular formula is C12H14F2O2. The van der Waals surface area contributed by atoms with Crippen LogP contribution in [0.2, 0.25) is 0 Å². The Kier molecular flexibility index (Phi) is 3.21. The van der Waals surface area contributed by atoms with E-state index in [1.807, 2.05) is 6.92 Å². The zero-order valence-electron chi connectivity index (χ0n) is 8.99. The first-order chi connectivity index (χ1) is 7.56. The van der Waals surface area contributed by atoms with Gasteiger partial charge in [0.1, 0.15) is 11.6 Å². The summed E-state index contributed by atoms with van der Waals surface area (Å²) in [4.78, 5) is 0. The van der Waals surface area contributed by atoms with Gasteiger partial charge in [0, 0.05) is 12.0 Å². The van der Waals surface area contributed by atoms with Crippen molar-refractivity contribution >= 4 is 0 Å². The van der Waals surface area contributed by atoms with Crippen LogP contribution in [0.3, 0.4) is 0 Å². The minimum Gasteiger partial charge on any atom is -0.388 e. The summed E-state index contributed by atoms with van der Waals surface area (Å²) in [6.45, 7) is 2.35. The molecule has 3 unspecified atom stereocenters. The molecule has 0 radical (unpaired) electrons. The van der Waals surface area contributed by atoms with E-state index in [0.717, 1.165) is 18.2 Å². The molecule has 1 fully saturated rings. The first-order valence-corrected chi connectivity index (χ1v) is 5.32. The van der Waals surface area contributed by atoms with Crippen LogP contribution in [0.5, 0.6) is 0 Å². The van der Waals surface area contributed by atoms with E-state index < -0.39 is 17.7 Å². The van der Waals surface area contributed by atoms with Crippen molar-refractivity contribution in [2.24, 2.45) is 5.92 Å². The van der Waals surface area contributed by atoms with Gasteiger partial charge in [0.25, 0.3) is 0 Å². The predicted molar refractivity (Wildman–Crippen MR) is 54.8 cm³/mol. The molecule has 1 aliphatic heterocycles. The normalized spacial score (nSPS) is 27.0. The second-order valence-corrected chi connectivity index (χ2v) is 4.29. The van der Waals surface area contributed by atoms with E-state index in [-0.39, 0.29) is 17.6 Å². The molecule has 1 N–H and O–H groups in total. The van der Waals surface area contributed by atoms with Crippen LogP contribution in [0, 0.1) is 17.6 Å². The molecule has 1 aliphatic rings. The highest BCUT2D eigenvalue weighted by Crippen LogP contribution is 2.32. The molecule has 0 aliphatic carbocycles. The summed E-state index contributed by atoms with van der Waals surface area (Å²) in [5.41, 5.74) is 0.278. The Morgan fingerprint density at radius 2 is 1.94 bits per heavy atom. The molecule has 2 rings (SSSR count). The Balaban J connectivity index is 2.17. The Labute approximate surface area is 92.9 Å². The maximum absolute atomic E-state index is 13.0. The molecule has 0 bridgehead atoms. The Hall–Kier alpha value is -1.00. The van der Waals surface area contributed by atoms with Gasteiger partial charge in [-0.15, -0.1) is 0 Å². The van der Waals surface area contributed by atoms with Gasteiger partial charge in [-0.25, -0.2) is 8.78 Å². The quantitative estimate of drug-likeness (QED) is 0.842. The van der Waals surface area contributed by atoms with E-state index >= 15 is 0 Å². The number of halogens is 2. The fourth-order valence-electron chi connectivity index (χ4n) is 2.09. The molecule has 88 valence electrons. The fraction of sp³-hybridized carbons (Fsp3) is 0.500. The molecule has 3 atom stereocenters. The van der Waals surface area contributed by atoms with Crippen molar-refractivity contribution in [2.75, 3.05) is 6.61 Å². The molecular weight excluding hydrogens is 214 g/mol. The van der Waals surface area contributed by atoms with Crippen LogP contribution < -0.4 is 0 Å². The molecule has 2 nitrogen and oxygen atoms in total. The van der Waals surface area contributed by atoms with Gasteiger partial charge in [0.2, 0.25) is 0 Å². The third-order valence-corrected chi connectivity index (χ3v) is 2.90. The molecule has 16 heavy (non-hydrogen) atoms.